The van der Waals surface area contributed by atoms with Crippen LogP contribution >= 0.6 is 22.9 Å². The minimum atomic E-state index is -0.608. The van der Waals surface area contributed by atoms with Crippen molar-refractivity contribution in [2.45, 2.75) is 6.92 Å². The fourth-order valence-electron chi connectivity index (χ4n) is 3.04. The zero-order valence-electron chi connectivity index (χ0n) is 17.2. The number of carbonyl (C=O) groups excluding carboxylic acids is 2. The Labute approximate surface area is 194 Å². The van der Waals surface area contributed by atoms with E-state index in [1.165, 1.54) is 6.08 Å². The molecule has 4 rings (SSSR count). The summed E-state index contributed by atoms with van der Waals surface area (Å²) in [5.74, 6) is -0.899. The molecular formula is C25H19ClN2O3S. The number of thiophene rings is 1. The van der Waals surface area contributed by atoms with Crippen molar-refractivity contribution in [2.24, 2.45) is 0 Å². The minimum Gasteiger partial charge on any atom is -0.454 e. The monoisotopic (exact) mass is 462 g/mol. The number of halogens is 1. The van der Waals surface area contributed by atoms with Crippen LogP contribution in [0.1, 0.15) is 20.8 Å². The molecule has 7 heteroatoms. The molecule has 0 aliphatic rings. The largest absolute Gasteiger partial charge is 0.454 e. The summed E-state index contributed by atoms with van der Waals surface area (Å²) in [6.45, 7) is 1.68. The second-order valence-electron chi connectivity index (χ2n) is 7.05. The first-order chi connectivity index (χ1) is 15.5. The molecule has 0 saturated carbocycles. The van der Waals surface area contributed by atoms with Crippen LogP contribution in [0.5, 0.6) is 0 Å². The predicted molar refractivity (Wildman–Crippen MR) is 127 cm³/mol. The number of benzene rings is 2. The van der Waals surface area contributed by atoms with Crippen LogP contribution in [0.3, 0.4) is 0 Å². The summed E-state index contributed by atoms with van der Waals surface area (Å²) >= 11 is 7.00. The van der Waals surface area contributed by atoms with E-state index in [0.29, 0.717) is 9.21 Å². The zero-order chi connectivity index (χ0) is 22.5. The summed E-state index contributed by atoms with van der Waals surface area (Å²) in [6, 6.07) is 21.0. The van der Waals surface area contributed by atoms with Gasteiger partial charge in [-0.15, -0.1) is 11.3 Å². The van der Waals surface area contributed by atoms with Gasteiger partial charge in [0.1, 0.15) is 0 Å². The highest BCUT2D eigenvalue weighted by Crippen LogP contribution is 2.25. The van der Waals surface area contributed by atoms with E-state index in [1.54, 1.807) is 22.9 Å². The molecule has 160 valence electrons. The molecule has 0 amide bonds. The van der Waals surface area contributed by atoms with E-state index in [-0.39, 0.29) is 12.4 Å². The van der Waals surface area contributed by atoms with Crippen molar-refractivity contribution in [1.29, 1.82) is 0 Å². The van der Waals surface area contributed by atoms with Gasteiger partial charge in [0.25, 0.3) is 0 Å². The molecule has 0 aliphatic heterocycles. The lowest BCUT2D eigenvalue weighted by Gasteiger charge is -2.01. The van der Waals surface area contributed by atoms with E-state index < -0.39 is 5.97 Å². The Morgan fingerprint density at radius 3 is 2.50 bits per heavy atom. The molecule has 4 aromatic rings. The van der Waals surface area contributed by atoms with E-state index in [9.17, 15) is 9.59 Å². The van der Waals surface area contributed by atoms with Crippen LogP contribution in [-0.4, -0.2) is 28.1 Å². The Hall–Kier alpha value is -3.48. The number of nitrogens with zero attached hydrogens (tertiary/aromatic N) is 2. The number of Topliss-reactive ketones (excluding diaryl/α,β-unsaturated/α-hetero) is 1. The molecule has 0 N–H and O–H groups in total. The quantitative estimate of drug-likeness (QED) is 0.192. The summed E-state index contributed by atoms with van der Waals surface area (Å²) in [7, 11) is 0. The summed E-state index contributed by atoms with van der Waals surface area (Å²) in [5.41, 5.74) is 4.48. The number of aromatic nitrogens is 2. The van der Waals surface area contributed by atoms with Gasteiger partial charge in [-0.1, -0.05) is 59.6 Å². The van der Waals surface area contributed by atoms with Gasteiger partial charge in [0, 0.05) is 23.4 Å². The third kappa shape index (κ3) is 5.22. The molecule has 0 aliphatic carbocycles. The van der Waals surface area contributed by atoms with E-state index in [1.807, 2.05) is 67.7 Å². The molecule has 2 aromatic heterocycles. The summed E-state index contributed by atoms with van der Waals surface area (Å²) in [5, 5.41) is 4.72. The van der Waals surface area contributed by atoms with E-state index in [2.05, 4.69) is 0 Å². The van der Waals surface area contributed by atoms with Gasteiger partial charge in [-0.3, -0.25) is 4.79 Å². The van der Waals surface area contributed by atoms with Crippen molar-refractivity contribution in [1.82, 2.24) is 9.78 Å². The first kappa shape index (κ1) is 21.7. The molecule has 0 fully saturated rings. The fourth-order valence-corrected chi connectivity index (χ4v) is 4.00. The molecule has 32 heavy (non-hydrogen) atoms. The molecule has 0 unspecified atom stereocenters. The normalized spacial score (nSPS) is 11.1. The fraction of sp³-hybridized carbons (Fsp3) is 0.0800. The average Bonchev–Trinajstić information content (AvgIpc) is 3.44. The van der Waals surface area contributed by atoms with Gasteiger partial charge in [-0.05, 0) is 37.3 Å². The predicted octanol–water partition coefficient (Wildman–Crippen LogP) is 6.00. The summed E-state index contributed by atoms with van der Waals surface area (Å²) < 4.78 is 7.38. The number of hydrogen-bond donors (Lipinski definition) is 0. The van der Waals surface area contributed by atoms with Gasteiger partial charge < -0.3 is 4.74 Å². The van der Waals surface area contributed by atoms with Gasteiger partial charge in [0.2, 0.25) is 5.78 Å². The minimum absolute atomic E-state index is 0.291. The third-order valence-corrected chi connectivity index (χ3v) is 5.95. The molecule has 2 heterocycles. The van der Waals surface area contributed by atoms with Crippen molar-refractivity contribution < 1.29 is 14.3 Å². The maximum absolute atomic E-state index is 12.2. The Morgan fingerprint density at radius 1 is 1.06 bits per heavy atom. The van der Waals surface area contributed by atoms with Gasteiger partial charge in [0.05, 0.1) is 20.6 Å². The van der Waals surface area contributed by atoms with Crippen molar-refractivity contribution in [2.75, 3.05) is 6.61 Å². The molecule has 0 spiro atoms. The number of para-hydroxylation sites is 1. The SMILES string of the molecule is Cc1ccc(-c2nn(-c3ccccc3)cc2C=CC(=O)OCC(=O)c2ccc(Cl)s2)cc1. The molecule has 0 radical (unpaired) electrons. The molecule has 0 saturated heterocycles. The highest BCUT2D eigenvalue weighted by Gasteiger charge is 2.13. The lowest BCUT2D eigenvalue weighted by molar-refractivity contribution is -0.136. The Kier molecular flexibility index (Phi) is 6.63. The maximum Gasteiger partial charge on any atom is 0.331 e. The number of hydrogen-bond acceptors (Lipinski definition) is 5. The second kappa shape index (κ2) is 9.77. The van der Waals surface area contributed by atoms with Gasteiger partial charge >= 0.3 is 5.97 Å². The second-order valence-corrected chi connectivity index (χ2v) is 8.76. The first-order valence-electron chi connectivity index (χ1n) is 9.85. The van der Waals surface area contributed by atoms with Crippen molar-refractivity contribution >= 4 is 40.8 Å². The highest BCUT2D eigenvalue weighted by molar-refractivity contribution is 7.18. The number of ether oxygens (including phenoxy) is 1. The number of rotatable bonds is 7. The van der Waals surface area contributed by atoms with Crippen LogP contribution in [0.15, 0.2) is 79.0 Å². The first-order valence-corrected chi connectivity index (χ1v) is 11.0. The van der Waals surface area contributed by atoms with Crippen LogP contribution in [0, 0.1) is 6.92 Å². The van der Waals surface area contributed by atoms with E-state index in [0.717, 1.165) is 39.4 Å². The van der Waals surface area contributed by atoms with Gasteiger partial charge in [-0.2, -0.15) is 5.10 Å². The highest BCUT2D eigenvalue weighted by atomic mass is 35.5. The number of ketones is 1. The Balaban J connectivity index is 1.54. The van der Waals surface area contributed by atoms with Crippen LogP contribution < -0.4 is 0 Å². The van der Waals surface area contributed by atoms with Crippen molar-refractivity contribution in [3.05, 3.63) is 99.3 Å². The van der Waals surface area contributed by atoms with Crippen LogP contribution in [0.2, 0.25) is 4.34 Å². The molecular weight excluding hydrogens is 444 g/mol. The van der Waals surface area contributed by atoms with Crippen molar-refractivity contribution in [3.63, 3.8) is 0 Å². The maximum atomic E-state index is 12.2. The smallest absolute Gasteiger partial charge is 0.331 e. The molecule has 2 aromatic carbocycles. The lowest BCUT2D eigenvalue weighted by atomic mass is 10.1. The lowest BCUT2D eigenvalue weighted by Crippen LogP contribution is -2.11. The summed E-state index contributed by atoms with van der Waals surface area (Å²) in [4.78, 5) is 24.8. The number of aryl methyl sites for hydroxylation is 1. The standard InChI is InChI=1S/C25H19ClN2O3S/c1-17-7-9-18(10-8-17)25-19(15-28(27-25)20-5-3-2-4-6-20)11-14-24(30)31-16-21(29)22-12-13-23(26)32-22/h2-15H,16H2,1H3. The van der Waals surface area contributed by atoms with Crippen LogP contribution in [-0.2, 0) is 9.53 Å². The van der Waals surface area contributed by atoms with Crippen LogP contribution in [0.25, 0.3) is 23.0 Å². The Bertz CT molecular complexity index is 1270. The number of carbonyl (C=O) groups is 2. The zero-order valence-corrected chi connectivity index (χ0v) is 18.8. The van der Waals surface area contributed by atoms with Crippen LogP contribution in [0.4, 0.5) is 0 Å². The molecule has 0 atom stereocenters. The summed E-state index contributed by atoms with van der Waals surface area (Å²) in [6.07, 6.45) is 4.81. The van der Waals surface area contributed by atoms with Gasteiger partial charge in [-0.25, -0.2) is 9.48 Å². The average molecular weight is 463 g/mol. The van der Waals surface area contributed by atoms with E-state index >= 15 is 0 Å². The molecule has 0 bridgehead atoms. The number of esters is 1. The third-order valence-electron chi connectivity index (χ3n) is 4.68. The Morgan fingerprint density at radius 2 is 1.81 bits per heavy atom. The van der Waals surface area contributed by atoms with E-state index in [4.69, 9.17) is 21.4 Å². The molecule has 5 nitrogen and oxygen atoms in total. The van der Waals surface area contributed by atoms with Gasteiger partial charge in [0.15, 0.2) is 6.61 Å². The van der Waals surface area contributed by atoms with Crippen molar-refractivity contribution in [3.8, 4) is 16.9 Å². The topological polar surface area (TPSA) is 61.2 Å².